The SMILES string of the molecule is NS(=O)(=O)c1ccc(NS(=O)(=O)c2ccc(OCC(=O)O)c(Cl)c2)cc1. The van der Waals surface area contributed by atoms with Gasteiger partial charge in [0.05, 0.1) is 14.8 Å². The summed E-state index contributed by atoms with van der Waals surface area (Å²) in [6.07, 6.45) is 0. The molecule has 0 atom stereocenters. The highest BCUT2D eigenvalue weighted by Gasteiger charge is 2.17. The molecule has 0 fully saturated rings. The average Bonchev–Trinajstić information content (AvgIpc) is 2.52. The molecule has 26 heavy (non-hydrogen) atoms. The van der Waals surface area contributed by atoms with Gasteiger partial charge in [-0.2, -0.15) is 0 Å². The topological polar surface area (TPSA) is 153 Å². The van der Waals surface area contributed by atoms with E-state index in [-0.39, 0.29) is 26.3 Å². The van der Waals surface area contributed by atoms with Gasteiger partial charge >= 0.3 is 5.97 Å². The summed E-state index contributed by atoms with van der Waals surface area (Å²) in [5.41, 5.74) is 0.111. The lowest BCUT2D eigenvalue weighted by Crippen LogP contribution is -2.14. The van der Waals surface area contributed by atoms with E-state index in [0.29, 0.717) is 0 Å². The van der Waals surface area contributed by atoms with E-state index in [2.05, 4.69) is 4.72 Å². The van der Waals surface area contributed by atoms with Gasteiger partial charge in [-0.15, -0.1) is 0 Å². The molecule has 0 aliphatic heterocycles. The fourth-order valence-electron chi connectivity index (χ4n) is 1.83. The van der Waals surface area contributed by atoms with Gasteiger partial charge in [-0.3, -0.25) is 4.72 Å². The zero-order valence-corrected chi connectivity index (χ0v) is 15.3. The lowest BCUT2D eigenvalue weighted by atomic mass is 10.3. The van der Waals surface area contributed by atoms with Crippen LogP contribution in [0.3, 0.4) is 0 Å². The third-order valence-corrected chi connectivity index (χ3v) is 5.60. The minimum atomic E-state index is -4.02. The number of nitrogens with two attached hydrogens (primary N) is 1. The molecule has 9 nitrogen and oxygen atoms in total. The molecule has 2 aromatic carbocycles. The van der Waals surface area contributed by atoms with Gasteiger partial charge in [0.1, 0.15) is 5.75 Å². The van der Waals surface area contributed by atoms with E-state index in [1.165, 1.54) is 24.3 Å². The van der Waals surface area contributed by atoms with Crippen LogP contribution < -0.4 is 14.6 Å². The van der Waals surface area contributed by atoms with Gasteiger partial charge in [-0.1, -0.05) is 11.6 Å². The molecule has 2 rings (SSSR count). The van der Waals surface area contributed by atoms with Crippen molar-refractivity contribution in [3.63, 3.8) is 0 Å². The Morgan fingerprint density at radius 1 is 1.08 bits per heavy atom. The number of anilines is 1. The molecule has 0 radical (unpaired) electrons. The number of carboxylic acids is 1. The summed E-state index contributed by atoms with van der Waals surface area (Å²) in [7, 11) is -7.91. The number of ether oxygens (including phenoxy) is 1. The predicted octanol–water partition coefficient (Wildman–Crippen LogP) is 1.25. The number of primary sulfonamides is 1. The first-order valence-corrected chi connectivity index (χ1v) is 10.2. The molecule has 0 aliphatic carbocycles. The summed E-state index contributed by atoms with van der Waals surface area (Å²) >= 11 is 5.90. The number of benzene rings is 2. The second-order valence-electron chi connectivity index (χ2n) is 4.95. The molecule has 0 amide bonds. The first kappa shape index (κ1) is 20.0. The number of hydrogen-bond acceptors (Lipinski definition) is 6. The van der Waals surface area contributed by atoms with Crippen molar-refractivity contribution in [2.75, 3.05) is 11.3 Å². The van der Waals surface area contributed by atoms with E-state index in [4.69, 9.17) is 26.6 Å². The third kappa shape index (κ3) is 5.08. The van der Waals surface area contributed by atoms with Crippen LogP contribution in [0.2, 0.25) is 5.02 Å². The Bertz CT molecular complexity index is 1040. The van der Waals surface area contributed by atoms with Crippen LogP contribution in [0.15, 0.2) is 52.3 Å². The minimum Gasteiger partial charge on any atom is -0.480 e. The van der Waals surface area contributed by atoms with Gasteiger partial charge in [0.15, 0.2) is 6.61 Å². The first-order valence-electron chi connectivity index (χ1n) is 6.79. The predicted molar refractivity (Wildman–Crippen MR) is 93.2 cm³/mol. The Hall–Kier alpha value is -2.34. The summed E-state index contributed by atoms with van der Waals surface area (Å²) < 4.78 is 54.3. The van der Waals surface area contributed by atoms with Gasteiger partial charge in [0.25, 0.3) is 10.0 Å². The van der Waals surface area contributed by atoms with Crippen molar-refractivity contribution in [2.24, 2.45) is 5.14 Å². The summed E-state index contributed by atoms with van der Waals surface area (Å²) in [6, 6.07) is 8.30. The standard InChI is InChI=1S/C14H13ClN2O7S2/c15-12-7-11(5-6-13(12)24-8-14(18)19)26(22,23)17-9-1-3-10(4-2-9)25(16,20)21/h1-7,17H,8H2,(H,18,19)(H2,16,20,21). The van der Waals surface area contributed by atoms with Crippen LogP contribution in [0.5, 0.6) is 5.75 Å². The molecule has 0 spiro atoms. The molecule has 0 bridgehead atoms. The Morgan fingerprint density at radius 2 is 1.65 bits per heavy atom. The van der Waals surface area contributed by atoms with E-state index in [1.807, 2.05) is 0 Å². The van der Waals surface area contributed by atoms with E-state index in [9.17, 15) is 21.6 Å². The van der Waals surface area contributed by atoms with Gasteiger partial charge in [-0.25, -0.2) is 26.8 Å². The maximum Gasteiger partial charge on any atom is 0.341 e. The molecular formula is C14H13ClN2O7S2. The lowest BCUT2D eigenvalue weighted by molar-refractivity contribution is -0.139. The maximum absolute atomic E-state index is 12.4. The van der Waals surface area contributed by atoms with Crippen molar-refractivity contribution in [1.82, 2.24) is 0 Å². The normalized spacial score (nSPS) is 11.8. The van der Waals surface area contributed by atoms with E-state index >= 15 is 0 Å². The fraction of sp³-hybridized carbons (Fsp3) is 0.0714. The lowest BCUT2D eigenvalue weighted by Gasteiger charge is -2.11. The second-order valence-corrected chi connectivity index (χ2v) is 8.60. The molecule has 12 heteroatoms. The molecule has 4 N–H and O–H groups in total. The largest absolute Gasteiger partial charge is 0.480 e. The van der Waals surface area contributed by atoms with Crippen molar-refractivity contribution in [1.29, 1.82) is 0 Å². The van der Waals surface area contributed by atoms with Gasteiger partial charge in [0, 0.05) is 5.69 Å². The van der Waals surface area contributed by atoms with Crippen molar-refractivity contribution < 1.29 is 31.5 Å². The Balaban J connectivity index is 2.22. The zero-order chi connectivity index (χ0) is 19.5. The first-order chi connectivity index (χ1) is 12.0. The summed E-state index contributed by atoms with van der Waals surface area (Å²) in [5, 5.41) is 13.4. The Morgan fingerprint density at radius 3 is 2.15 bits per heavy atom. The average molecular weight is 421 g/mol. The van der Waals surface area contributed by atoms with Crippen LogP contribution in [0.4, 0.5) is 5.69 Å². The van der Waals surface area contributed by atoms with E-state index < -0.39 is 32.6 Å². The number of hydrogen-bond donors (Lipinski definition) is 3. The number of sulfonamides is 2. The zero-order valence-electron chi connectivity index (χ0n) is 12.9. The van der Waals surface area contributed by atoms with E-state index in [1.54, 1.807) is 0 Å². The highest BCUT2D eigenvalue weighted by Crippen LogP contribution is 2.28. The van der Waals surface area contributed by atoms with Gasteiger partial charge in [0.2, 0.25) is 10.0 Å². The Labute approximate surface area is 154 Å². The van der Waals surface area contributed by atoms with E-state index in [0.717, 1.165) is 18.2 Å². The van der Waals surface area contributed by atoms with Crippen LogP contribution in [-0.4, -0.2) is 34.5 Å². The van der Waals surface area contributed by atoms with Crippen molar-refractivity contribution in [3.8, 4) is 5.75 Å². The molecule has 0 aromatic heterocycles. The number of carbonyl (C=O) groups is 1. The number of carboxylic acid groups (broad SMARTS) is 1. The minimum absolute atomic E-state index is 0.0190. The third-order valence-electron chi connectivity index (χ3n) is 3.00. The van der Waals surface area contributed by atoms with Crippen LogP contribution in [0, 0.1) is 0 Å². The van der Waals surface area contributed by atoms with Gasteiger partial charge < -0.3 is 9.84 Å². The number of rotatable bonds is 7. The molecule has 0 saturated carbocycles. The number of aliphatic carboxylic acids is 1. The summed E-state index contributed by atoms with van der Waals surface area (Å²) in [6.45, 7) is -0.625. The summed E-state index contributed by atoms with van der Waals surface area (Å²) in [5.74, 6) is -1.19. The quantitative estimate of drug-likeness (QED) is 0.609. The molecule has 2 aromatic rings. The molecule has 0 unspecified atom stereocenters. The monoisotopic (exact) mass is 420 g/mol. The van der Waals surface area contributed by atoms with Crippen LogP contribution in [0.1, 0.15) is 0 Å². The van der Waals surface area contributed by atoms with Crippen molar-refractivity contribution >= 4 is 43.3 Å². The number of halogens is 1. The highest BCUT2D eigenvalue weighted by atomic mass is 35.5. The molecule has 0 heterocycles. The van der Waals surface area contributed by atoms with Crippen LogP contribution in [-0.2, 0) is 24.8 Å². The molecular weight excluding hydrogens is 408 g/mol. The molecule has 0 saturated heterocycles. The fourth-order valence-corrected chi connectivity index (χ4v) is 3.73. The smallest absolute Gasteiger partial charge is 0.341 e. The highest BCUT2D eigenvalue weighted by molar-refractivity contribution is 7.92. The van der Waals surface area contributed by atoms with Crippen LogP contribution in [0.25, 0.3) is 0 Å². The van der Waals surface area contributed by atoms with Crippen molar-refractivity contribution in [3.05, 3.63) is 47.5 Å². The second kappa shape index (κ2) is 7.50. The van der Waals surface area contributed by atoms with Crippen molar-refractivity contribution in [2.45, 2.75) is 9.79 Å². The molecule has 140 valence electrons. The van der Waals surface area contributed by atoms with Gasteiger partial charge in [-0.05, 0) is 42.5 Å². The maximum atomic E-state index is 12.4. The summed E-state index contributed by atoms with van der Waals surface area (Å²) in [4.78, 5) is 10.1. The number of nitrogens with one attached hydrogen (secondary N) is 1. The molecule has 0 aliphatic rings. The Kier molecular flexibility index (Phi) is 5.76. The van der Waals surface area contributed by atoms with Crippen LogP contribution >= 0.6 is 11.6 Å².